The molecule has 9 nitrogen and oxygen atoms in total. The first-order chi connectivity index (χ1) is 14.0. The summed E-state index contributed by atoms with van der Waals surface area (Å²) in [5, 5.41) is 3.00. The largest absolute Gasteiger partial charge is 0.350 e. The second-order valence-corrected chi connectivity index (χ2v) is 7.59. The van der Waals surface area contributed by atoms with Crippen LogP contribution in [0.2, 0.25) is 0 Å². The maximum absolute atomic E-state index is 12.5. The van der Waals surface area contributed by atoms with Crippen LogP contribution in [-0.2, 0) is 6.54 Å². The molecule has 1 fully saturated rings. The van der Waals surface area contributed by atoms with Gasteiger partial charge in [0.1, 0.15) is 11.3 Å². The van der Waals surface area contributed by atoms with Crippen molar-refractivity contribution in [1.82, 2.24) is 29.6 Å². The fourth-order valence-electron chi connectivity index (χ4n) is 3.89. The number of rotatable bonds is 5. The van der Waals surface area contributed by atoms with Crippen LogP contribution in [0.3, 0.4) is 0 Å². The van der Waals surface area contributed by atoms with Gasteiger partial charge < -0.3 is 14.7 Å². The van der Waals surface area contributed by atoms with Gasteiger partial charge in [0.2, 0.25) is 0 Å². The van der Waals surface area contributed by atoms with E-state index in [1.807, 2.05) is 29.5 Å². The lowest BCUT2D eigenvalue weighted by molar-refractivity contribution is 0.0926. The van der Waals surface area contributed by atoms with E-state index >= 15 is 0 Å². The topological polar surface area (TPSA) is 115 Å². The molecule has 0 saturated carbocycles. The lowest BCUT2D eigenvalue weighted by Crippen LogP contribution is -2.41. The fraction of sp³-hybridized carbons (Fsp3) is 0.400. The predicted octanol–water partition coefficient (Wildman–Crippen LogP) is 0.661. The number of H-pyrrole nitrogens is 2. The van der Waals surface area contributed by atoms with Crippen LogP contribution in [-0.4, -0.2) is 49.8 Å². The van der Waals surface area contributed by atoms with E-state index in [-0.39, 0.29) is 5.91 Å². The molecule has 4 heterocycles. The summed E-state index contributed by atoms with van der Waals surface area (Å²) in [6, 6.07) is 7.19. The Labute approximate surface area is 166 Å². The second-order valence-electron chi connectivity index (χ2n) is 7.59. The average Bonchev–Trinajstić information content (AvgIpc) is 3.11. The van der Waals surface area contributed by atoms with Gasteiger partial charge in [-0.25, -0.2) is 9.78 Å². The first-order valence-corrected chi connectivity index (χ1v) is 9.76. The molecule has 1 unspecified atom stereocenters. The number of carbonyl (C=O) groups excluding carboxylic acids is 1. The fourth-order valence-corrected chi connectivity index (χ4v) is 3.89. The van der Waals surface area contributed by atoms with Crippen molar-refractivity contribution in [1.29, 1.82) is 0 Å². The molecule has 0 spiro atoms. The number of amides is 1. The van der Waals surface area contributed by atoms with Crippen molar-refractivity contribution in [2.24, 2.45) is 5.92 Å². The van der Waals surface area contributed by atoms with E-state index in [9.17, 15) is 14.4 Å². The molecule has 0 aromatic carbocycles. The maximum Gasteiger partial charge on any atom is 0.325 e. The van der Waals surface area contributed by atoms with Gasteiger partial charge in [-0.2, -0.15) is 0 Å². The van der Waals surface area contributed by atoms with Gasteiger partial charge in [-0.15, -0.1) is 0 Å². The monoisotopic (exact) mass is 396 g/mol. The molecule has 1 aliphatic rings. The number of fused-ring (bicyclic) bond motifs is 1. The number of hydrogen-bond donors (Lipinski definition) is 3. The summed E-state index contributed by atoms with van der Waals surface area (Å²) in [6.45, 7) is 4.73. The summed E-state index contributed by atoms with van der Waals surface area (Å²) < 4.78 is 1.90. The smallest absolute Gasteiger partial charge is 0.325 e. The number of hydrogen-bond acceptors (Lipinski definition) is 5. The first kappa shape index (κ1) is 19.1. The van der Waals surface area contributed by atoms with E-state index in [1.54, 1.807) is 6.20 Å². The van der Waals surface area contributed by atoms with Crippen LogP contribution in [0.1, 0.15) is 34.7 Å². The second kappa shape index (κ2) is 8.04. The lowest BCUT2D eigenvalue weighted by Gasteiger charge is -2.32. The van der Waals surface area contributed by atoms with Gasteiger partial charge >= 0.3 is 5.69 Å². The van der Waals surface area contributed by atoms with E-state index in [0.717, 1.165) is 37.3 Å². The number of imidazole rings is 1. The van der Waals surface area contributed by atoms with Crippen molar-refractivity contribution in [2.45, 2.75) is 26.3 Å². The highest BCUT2D eigenvalue weighted by atomic mass is 16.2. The third-order valence-corrected chi connectivity index (χ3v) is 5.29. The van der Waals surface area contributed by atoms with Crippen LogP contribution < -0.4 is 16.6 Å². The molecular weight excluding hydrogens is 372 g/mol. The Morgan fingerprint density at radius 3 is 2.97 bits per heavy atom. The summed E-state index contributed by atoms with van der Waals surface area (Å²) in [7, 11) is 0. The number of likely N-dealkylation sites (tertiary alicyclic amines) is 1. The number of aromatic nitrogens is 4. The highest BCUT2D eigenvalue weighted by Crippen LogP contribution is 2.17. The van der Waals surface area contributed by atoms with Crippen LogP contribution in [0.15, 0.2) is 40.1 Å². The van der Waals surface area contributed by atoms with E-state index in [1.165, 1.54) is 6.07 Å². The van der Waals surface area contributed by atoms with Crippen molar-refractivity contribution in [3.63, 3.8) is 0 Å². The Morgan fingerprint density at radius 2 is 2.17 bits per heavy atom. The number of piperidine rings is 1. The molecule has 152 valence electrons. The van der Waals surface area contributed by atoms with Gasteiger partial charge in [-0.05, 0) is 44.4 Å². The number of aryl methyl sites for hydroxylation is 1. The Bertz CT molecular complexity index is 1120. The first-order valence-electron chi connectivity index (χ1n) is 9.76. The Hall–Kier alpha value is -3.20. The summed E-state index contributed by atoms with van der Waals surface area (Å²) in [6.07, 6.45) is 3.78. The third kappa shape index (κ3) is 4.45. The zero-order valence-electron chi connectivity index (χ0n) is 16.3. The van der Waals surface area contributed by atoms with E-state index in [2.05, 4.69) is 25.2 Å². The number of nitrogens with zero attached hydrogens (tertiary/aromatic N) is 3. The Balaban J connectivity index is 1.35. The molecule has 1 saturated heterocycles. The third-order valence-electron chi connectivity index (χ3n) is 5.29. The van der Waals surface area contributed by atoms with Crippen LogP contribution in [0.25, 0.3) is 5.65 Å². The molecule has 4 rings (SSSR count). The molecule has 1 amide bonds. The van der Waals surface area contributed by atoms with Crippen molar-refractivity contribution < 1.29 is 4.79 Å². The van der Waals surface area contributed by atoms with E-state index < -0.39 is 11.2 Å². The van der Waals surface area contributed by atoms with Gasteiger partial charge in [-0.1, -0.05) is 6.07 Å². The number of aromatic amines is 2. The summed E-state index contributed by atoms with van der Waals surface area (Å²) in [5.74, 6) is 0.129. The quantitative estimate of drug-likeness (QED) is 0.586. The van der Waals surface area contributed by atoms with Gasteiger partial charge in [0.25, 0.3) is 11.5 Å². The van der Waals surface area contributed by atoms with E-state index in [0.29, 0.717) is 30.4 Å². The molecule has 29 heavy (non-hydrogen) atoms. The summed E-state index contributed by atoms with van der Waals surface area (Å²) in [4.78, 5) is 46.9. The number of pyridine rings is 1. The highest BCUT2D eigenvalue weighted by Gasteiger charge is 2.21. The highest BCUT2D eigenvalue weighted by molar-refractivity contribution is 5.92. The predicted molar refractivity (Wildman–Crippen MR) is 108 cm³/mol. The molecule has 3 aromatic rings. The SMILES string of the molecule is Cc1cccc2nc(C(=O)NCC3CCCN(Cc4cc(=O)[nH]c(=O)[nH]4)C3)cn12. The van der Waals surface area contributed by atoms with Crippen LogP contribution in [0.4, 0.5) is 0 Å². The Kier molecular flexibility index (Phi) is 5.30. The van der Waals surface area contributed by atoms with Gasteiger partial charge in [0.15, 0.2) is 0 Å². The van der Waals surface area contributed by atoms with Gasteiger partial charge in [0, 0.05) is 43.3 Å². The van der Waals surface area contributed by atoms with Gasteiger partial charge in [0.05, 0.1) is 0 Å². The number of nitrogens with one attached hydrogen (secondary N) is 3. The molecule has 1 atom stereocenters. The van der Waals surface area contributed by atoms with Gasteiger partial charge in [-0.3, -0.25) is 19.5 Å². The van der Waals surface area contributed by atoms with Crippen LogP contribution in [0, 0.1) is 12.8 Å². The zero-order chi connectivity index (χ0) is 20.4. The lowest BCUT2D eigenvalue weighted by atomic mass is 9.98. The number of carbonyl (C=O) groups is 1. The van der Waals surface area contributed by atoms with Crippen molar-refractivity contribution in [3.8, 4) is 0 Å². The van der Waals surface area contributed by atoms with E-state index in [4.69, 9.17) is 0 Å². The minimum Gasteiger partial charge on any atom is -0.350 e. The molecule has 0 radical (unpaired) electrons. The van der Waals surface area contributed by atoms with Crippen LogP contribution in [0.5, 0.6) is 0 Å². The minimum absolute atomic E-state index is 0.177. The molecular formula is C20H24N6O3. The summed E-state index contributed by atoms with van der Waals surface area (Å²) >= 11 is 0. The molecule has 9 heteroatoms. The normalized spacial score (nSPS) is 17.5. The molecule has 0 bridgehead atoms. The molecule has 3 N–H and O–H groups in total. The minimum atomic E-state index is -0.490. The summed E-state index contributed by atoms with van der Waals surface area (Å²) in [5.41, 5.74) is 1.90. The standard InChI is InChI=1S/C20H24N6O3/c1-13-4-2-6-17-23-16(12-26(13)17)19(28)21-9-14-5-3-7-25(10-14)11-15-8-18(27)24-20(29)22-15/h2,4,6,8,12,14H,3,5,7,9-11H2,1H3,(H,21,28)(H2,22,24,27,29). The van der Waals surface area contributed by atoms with Crippen molar-refractivity contribution in [2.75, 3.05) is 19.6 Å². The molecule has 0 aliphatic carbocycles. The Morgan fingerprint density at radius 1 is 1.31 bits per heavy atom. The maximum atomic E-state index is 12.5. The average molecular weight is 396 g/mol. The molecule has 1 aliphatic heterocycles. The van der Waals surface area contributed by atoms with Crippen molar-refractivity contribution >= 4 is 11.6 Å². The van der Waals surface area contributed by atoms with Crippen LogP contribution >= 0.6 is 0 Å². The van der Waals surface area contributed by atoms with Crippen molar-refractivity contribution in [3.05, 3.63) is 68.4 Å². The zero-order valence-corrected chi connectivity index (χ0v) is 16.3. The molecule has 3 aromatic heterocycles.